The summed E-state index contributed by atoms with van der Waals surface area (Å²) in [6, 6.07) is 20.3. The Bertz CT molecular complexity index is 1230. The number of primary amides is 1. The molecule has 4 rings (SSSR count). The lowest BCUT2D eigenvalue weighted by Gasteiger charge is -2.25. The molecule has 4 N–H and O–H groups in total. The number of amides is 3. The quantitative estimate of drug-likeness (QED) is 0.403. The highest BCUT2D eigenvalue weighted by atomic mass is 19.1. The van der Waals surface area contributed by atoms with E-state index in [0.29, 0.717) is 28.3 Å². The van der Waals surface area contributed by atoms with Crippen LogP contribution in [0.5, 0.6) is 0 Å². The number of anilines is 2. The molecular weight excluding hydrogens is 413 g/mol. The van der Waals surface area contributed by atoms with Gasteiger partial charge in [0, 0.05) is 11.1 Å². The first kappa shape index (κ1) is 20.7. The first-order chi connectivity index (χ1) is 15.6. The zero-order valence-electron chi connectivity index (χ0n) is 16.7. The van der Waals surface area contributed by atoms with Crippen molar-refractivity contribution in [1.82, 2.24) is 25.9 Å². The van der Waals surface area contributed by atoms with Crippen LogP contribution >= 0.6 is 0 Å². The minimum atomic E-state index is -1.02. The van der Waals surface area contributed by atoms with Gasteiger partial charge in [-0.1, -0.05) is 36.4 Å². The van der Waals surface area contributed by atoms with Crippen LogP contribution in [0.2, 0.25) is 0 Å². The zero-order chi connectivity index (χ0) is 22.5. The summed E-state index contributed by atoms with van der Waals surface area (Å²) in [4.78, 5) is 25.5. The number of carbonyl (C=O) groups is 2. The Kier molecular flexibility index (Phi) is 5.84. The van der Waals surface area contributed by atoms with Crippen LogP contribution in [0.4, 0.5) is 20.6 Å². The summed E-state index contributed by atoms with van der Waals surface area (Å²) in [5.74, 6) is -0.192. The van der Waals surface area contributed by atoms with E-state index in [1.807, 2.05) is 6.07 Å². The Hall–Kier alpha value is -4.60. The van der Waals surface area contributed by atoms with Gasteiger partial charge in [0.1, 0.15) is 0 Å². The molecular formula is C22H18FN7O2. The van der Waals surface area contributed by atoms with Gasteiger partial charge in [-0.05, 0) is 58.0 Å². The lowest BCUT2D eigenvalue weighted by Crippen LogP contribution is -2.36. The summed E-state index contributed by atoms with van der Waals surface area (Å²) in [5.41, 5.74) is 8.80. The number of aromatic nitrogens is 4. The second-order valence-electron chi connectivity index (χ2n) is 6.71. The molecule has 0 atom stereocenters. The molecule has 32 heavy (non-hydrogen) atoms. The molecule has 4 aromatic rings. The lowest BCUT2D eigenvalue weighted by molar-refractivity contribution is 0.1000. The van der Waals surface area contributed by atoms with E-state index in [1.54, 1.807) is 66.7 Å². The van der Waals surface area contributed by atoms with Crippen molar-refractivity contribution < 1.29 is 14.0 Å². The first-order valence-electron chi connectivity index (χ1n) is 9.56. The van der Waals surface area contributed by atoms with Crippen molar-refractivity contribution in [2.24, 2.45) is 5.73 Å². The number of nitrogens with one attached hydrogen (secondary N) is 2. The average Bonchev–Trinajstić information content (AvgIpc) is 3.35. The van der Waals surface area contributed by atoms with E-state index in [0.717, 1.165) is 11.1 Å². The van der Waals surface area contributed by atoms with Crippen molar-refractivity contribution in [2.75, 3.05) is 11.7 Å². The van der Waals surface area contributed by atoms with Crippen LogP contribution in [0, 0.1) is 0 Å². The smallest absolute Gasteiger partial charge is 0.328 e. The molecule has 0 radical (unpaired) electrons. The van der Waals surface area contributed by atoms with E-state index in [-0.39, 0.29) is 0 Å². The van der Waals surface area contributed by atoms with Gasteiger partial charge in [-0.2, -0.15) is 0 Å². The normalized spacial score (nSPS) is 10.5. The average molecular weight is 431 g/mol. The van der Waals surface area contributed by atoms with Gasteiger partial charge < -0.3 is 11.1 Å². The number of carbonyl (C=O) groups excluding carboxylic acids is 2. The number of hydrogen-bond donors (Lipinski definition) is 3. The van der Waals surface area contributed by atoms with E-state index in [4.69, 9.17) is 5.73 Å². The molecule has 0 bridgehead atoms. The van der Waals surface area contributed by atoms with Crippen molar-refractivity contribution in [3.05, 3.63) is 78.4 Å². The summed E-state index contributed by atoms with van der Waals surface area (Å²) >= 11 is 0. The molecule has 1 heterocycles. The van der Waals surface area contributed by atoms with Crippen molar-refractivity contribution in [2.45, 2.75) is 0 Å². The Labute approximate surface area is 182 Å². The topological polar surface area (TPSA) is 130 Å². The standard InChI is InChI=1S/C22H18FN7O2/c23-13-25-22(32)30(17-4-2-1-3-5-17)19-11-10-16(12-18(19)21-26-28-29-27-21)14-6-8-15(9-7-14)20(24)31/h1-12H,13H2,(H2,24,31)(H,25,32)(H,26,27,28,29). The van der Waals surface area contributed by atoms with Crippen LogP contribution in [0.25, 0.3) is 22.5 Å². The highest BCUT2D eigenvalue weighted by Crippen LogP contribution is 2.36. The number of benzene rings is 3. The molecule has 160 valence electrons. The predicted octanol–water partition coefficient (Wildman–Crippen LogP) is 3.41. The van der Waals surface area contributed by atoms with Crippen LogP contribution in [0.1, 0.15) is 10.4 Å². The van der Waals surface area contributed by atoms with Crippen LogP contribution in [-0.4, -0.2) is 39.4 Å². The van der Waals surface area contributed by atoms with Gasteiger partial charge in [-0.25, -0.2) is 14.3 Å². The maximum atomic E-state index is 13.0. The van der Waals surface area contributed by atoms with Gasteiger partial charge in [-0.15, -0.1) is 5.10 Å². The number of tetrazole rings is 1. The number of para-hydroxylation sites is 1. The van der Waals surface area contributed by atoms with E-state index in [1.165, 1.54) is 4.90 Å². The fraction of sp³-hybridized carbons (Fsp3) is 0.0455. The van der Waals surface area contributed by atoms with E-state index < -0.39 is 18.7 Å². The molecule has 0 spiro atoms. The van der Waals surface area contributed by atoms with Crippen LogP contribution in [0.3, 0.4) is 0 Å². The summed E-state index contributed by atoms with van der Waals surface area (Å²) < 4.78 is 13.0. The molecule has 0 saturated heterocycles. The molecule has 9 nitrogen and oxygen atoms in total. The largest absolute Gasteiger partial charge is 0.366 e. The summed E-state index contributed by atoms with van der Waals surface area (Å²) in [5, 5.41) is 16.2. The van der Waals surface area contributed by atoms with Crippen LogP contribution in [0.15, 0.2) is 72.8 Å². The van der Waals surface area contributed by atoms with E-state index in [2.05, 4.69) is 25.9 Å². The van der Waals surface area contributed by atoms with Crippen molar-refractivity contribution >= 4 is 23.3 Å². The number of rotatable bonds is 6. The number of urea groups is 1. The third-order valence-corrected chi connectivity index (χ3v) is 4.78. The Balaban J connectivity index is 1.86. The predicted molar refractivity (Wildman–Crippen MR) is 117 cm³/mol. The summed E-state index contributed by atoms with van der Waals surface area (Å²) in [7, 11) is 0. The van der Waals surface area contributed by atoms with Gasteiger partial charge >= 0.3 is 6.03 Å². The Morgan fingerprint density at radius 3 is 2.34 bits per heavy atom. The maximum absolute atomic E-state index is 13.0. The van der Waals surface area contributed by atoms with Gasteiger partial charge in [0.05, 0.1) is 11.4 Å². The fourth-order valence-electron chi connectivity index (χ4n) is 3.28. The highest BCUT2D eigenvalue weighted by Gasteiger charge is 2.23. The number of alkyl halides is 1. The molecule has 3 amide bonds. The number of aromatic amines is 1. The van der Waals surface area contributed by atoms with E-state index in [9.17, 15) is 14.0 Å². The van der Waals surface area contributed by atoms with E-state index >= 15 is 0 Å². The van der Waals surface area contributed by atoms with Crippen molar-refractivity contribution in [3.63, 3.8) is 0 Å². The molecule has 0 unspecified atom stereocenters. The lowest BCUT2D eigenvalue weighted by atomic mass is 9.99. The molecule has 1 aromatic heterocycles. The highest BCUT2D eigenvalue weighted by molar-refractivity contribution is 6.03. The molecule has 0 fully saturated rings. The van der Waals surface area contributed by atoms with Gasteiger partial charge in [0.25, 0.3) is 0 Å². The zero-order valence-corrected chi connectivity index (χ0v) is 16.7. The molecule has 0 saturated carbocycles. The van der Waals surface area contributed by atoms with Crippen molar-refractivity contribution in [3.8, 4) is 22.5 Å². The van der Waals surface area contributed by atoms with Gasteiger partial charge in [0.15, 0.2) is 12.6 Å². The number of halogens is 1. The molecule has 3 aromatic carbocycles. The number of H-pyrrole nitrogens is 1. The summed E-state index contributed by atoms with van der Waals surface area (Å²) in [6.07, 6.45) is 0. The second-order valence-corrected chi connectivity index (χ2v) is 6.71. The molecule has 0 aliphatic carbocycles. The van der Waals surface area contributed by atoms with Crippen LogP contribution < -0.4 is 16.0 Å². The van der Waals surface area contributed by atoms with Crippen LogP contribution in [-0.2, 0) is 0 Å². The second kappa shape index (κ2) is 9.04. The Morgan fingerprint density at radius 2 is 1.72 bits per heavy atom. The SMILES string of the molecule is NC(=O)c1ccc(-c2ccc(N(C(=O)NCF)c3ccccc3)c(-c3nnn[nH]3)c2)cc1. The fourth-order valence-corrected chi connectivity index (χ4v) is 3.28. The number of hydrogen-bond acceptors (Lipinski definition) is 5. The molecule has 10 heteroatoms. The maximum Gasteiger partial charge on any atom is 0.328 e. The van der Waals surface area contributed by atoms with Crippen molar-refractivity contribution in [1.29, 1.82) is 0 Å². The number of nitrogens with two attached hydrogens (primary N) is 1. The third kappa shape index (κ3) is 4.15. The first-order valence-corrected chi connectivity index (χ1v) is 9.56. The number of nitrogens with zero attached hydrogens (tertiary/aromatic N) is 4. The molecule has 0 aliphatic rings. The minimum absolute atomic E-state index is 0.324. The van der Waals surface area contributed by atoms with Gasteiger partial charge in [0.2, 0.25) is 5.91 Å². The monoisotopic (exact) mass is 431 g/mol. The minimum Gasteiger partial charge on any atom is -0.366 e. The molecule has 0 aliphatic heterocycles. The third-order valence-electron chi connectivity index (χ3n) is 4.78. The van der Waals surface area contributed by atoms with Gasteiger partial charge in [-0.3, -0.25) is 9.69 Å². The summed E-state index contributed by atoms with van der Waals surface area (Å²) in [6.45, 7) is -1.02. The Morgan fingerprint density at radius 1 is 1.00 bits per heavy atom.